The predicted octanol–water partition coefficient (Wildman–Crippen LogP) is 7.54. The molecule has 5 rings (SSSR count). The Balaban J connectivity index is 1.59. The van der Waals surface area contributed by atoms with Gasteiger partial charge in [-0.05, 0) is 60.4 Å². The van der Waals surface area contributed by atoms with Crippen molar-refractivity contribution < 1.29 is 18.0 Å². The number of carbonyl (C=O) groups is 2. The van der Waals surface area contributed by atoms with Crippen molar-refractivity contribution in [1.29, 1.82) is 0 Å². The first-order chi connectivity index (χ1) is 22.1. The molecule has 4 aromatic rings. The molecule has 46 heavy (non-hydrogen) atoms. The number of halogens is 3. The fourth-order valence-corrected chi connectivity index (χ4v) is 7.79. The van der Waals surface area contributed by atoms with E-state index in [2.05, 4.69) is 5.32 Å². The third kappa shape index (κ3) is 8.42. The van der Waals surface area contributed by atoms with E-state index in [0.29, 0.717) is 10.6 Å². The number of carbonyl (C=O) groups excluding carboxylic acids is 2. The molecule has 240 valence electrons. The molecule has 1 saturated carbocycles. The first-order valence-corrected chi connectivity index (χ1v) is 17.6. The minimum absolute atomic E-state index is 0.00611. The zero-order valence-electron chi connectivity index (χ0n) is 25.0. The quantitative estimate of drug-likeness (QED) is 0.166. The standard InChI is InChI=1S/C35H34Cl3N3O4S/c36-27-20-28(37)22-30(21-27)41(46(44,45)31-16-5-2-6-17-31)24-34(42)40(23-26-13-7-10-18-32(26)38)33(19-25-11-3-1-4-12-25)35(43)39-29-14-8-9-15-29/h1-7,10-13,16-18,20-22,29,33H,8-9,14-15,19,23-24H2,(H,39,43)/t33-/m0/s1. The topological polar surface area (TPSA) is 86.8 Å². The second-order valence-corrected chi connectivity index (χ2v) is 14.4. The van der Waals surface area contributed by atoms with E-state index in [9.17, 15) is 18.0 Å². The Hall–Kier alpha value is -3.56. The Morgan fingerprint density at radius 3 is 2.02 bits per heavy atom. The molecule has 0 radical (unpaired) electrons. The monoisotopic (exact) mass is 697 g/mol. The Bertz CT molecular complexity index is 1750. The maximum Gasteiger partial charge on any atom is 0.264 e. The van der Waals surface area contributed by atoms with Crippen LogP contribution in [0.1, 0.15) is 36.8 Å². The highest BCUT2D eigenvalue weighted by molar-refractivity contribution is 7.92. The van der Waals surface area contributed by atoms with Crippen LogP contribution in [0.3, 0.4) is 0 Å². The highest BCUT2D eigenvalue weighted by Gasteiger charge is 2.36. The molecule has 7 nitrogen and oxygen atoms in total. The molecule has 1 N–H and O–H groups in total. The first kappa shape index (κ1) is 33.8. The van der Waals surface area contributed by atoms with Gasteiger partial charge in [0.05, 0.1) is 10.6 Å². The molecule has 11 heteroatoms. The van der Waals surface area contributed by atoms with Gasteiger partial charge in [0, 0.05) is 34.1 Å². The molecule has 0 bridgehead atoms. The van der Waals surface area contributed by atoms with E-state index in [0.717, 1.165) is 35.6 Å². The van der Waals surface area contributed by atoms with Gasteiger partial charge in [-0.25, -0.2) is 8.42 Å². The number of rotatable bonds is 12. The summed E-state index contributed by atoms with van der Waals surface area (Å²) in [5, 5.41) is 3.99. The number of hydrogen-bond acceptors (Lipinski definition) is 4. The van der Waals surface area contributed by atoms with Crippen LogP contribution in [-0.2, 0) is 32.6 Å². The van der Waals surface area contributed by atoms with Crippen molar-refractivity contribution in [3.63, 3.8) is 0 Å². The number of nitrogens with one attached hydrogen (secondary N) is 1. The Morgan fingerprint density at radius 2 is 1.39 bits per heavy atom. The van der Waals surface area contributed by atoms with E-state index in [1.54, 1.807) is 42.5 Å². The van der Waals surface area contributed by atoms with Gasteiger partial charge in [0.15, 0.2) is 0 Å². The van der Waals surface area contributed by atoms with Crippen LogP contribution in [0.25, 0.3) is 0 Å². The van der Waals surface area contributed by atoms with E-state index in [1.807, 2.05) is 30.3 Å². The van der Waals surface area contributed by atoms with Gasteiger partial charge >= 0.3 is 0 Å². The van der Waals surface area contributed by atoms with Gasteiger partial charge in [-0.15, -0.1) is 0 Å². The van der Waals surface area contributed by atoms with Gasteiger partial charge in [-0.1, -0.05) is 114 Å². The minimum atomic E-state index is -4.28. The van der Waals surface area contributed by atoms with Crippen molar-refractivity contribution in [3.8, 4) is 0 Å². The van der Waals surface area contributed by atoms with Gasteiger partial charge in [-0.3, -0.25) is 13.9 Å². The molecule has 0 heterocycles. The number of benzene rings is 4. The van der Waals surface area contributed by atoms with Gasteiger partial charge < -0.3 is 10.2 Å². The lowest BCUT2D eigenvalue weighted by Crippen LogP contribution is -2.54. The molecule has 1 fully saturated rings. The highest BCUT2D eigenvalue weighted by Crippen LogP contribution is 2.31. The van der Waals surface area contributed by atoms with E-state index in [-0.39, 0.29) is 45.5 Å². The molecule has 0 saturated heterocycles. The minimum Gasteiger partial charge on any atom is -0.352 e. The summed E-state index contributed by atoms with van der Waals surface area (Å²) < 4.78 is 29.2. The van der Waals surface area contributed by atoms with E-state index in [4.69, 9.17) is 34.8 Å². The van der Waals surface area contributed by atoms with E-state index >= 15 is 0 Å². The van der Waals surface area contributed by atoms with Crippen molar-refractivity contribution in [3.05, 3.63) is 129 Å². The largest absolute Gasteiger partial charge is 0.352 e. The van der Waals surface area contributed by atoms with Crippen LogP contribution in [-0.4, -0.2) is 43.8 Å². The summed E-state index contributed by atoms with van der Waals surface area (Å²) in [6.07, 6.45) is 3.97. The van der Waals surface area contributed by atoms with Crippen molar-refractivity contribution in [2.24, 2.45) is 0 Å². The Morgan fingerprint density at radius 1 is 0.804 bits per heavy atom. The fraction of sp³-hybridized carbons (Fsp3) is 0.257. The summed E-state index contributed by atoms with van der Waals surface area (Å²) in [6, 6.07) is 27.7. The number of sulfonamides is 1. The molecule has 1 aliphatic carbocycles. The second kappa shape index (κ2) is 15.4. The lowest BCUT2D eigenvalue weighted by Gasteiger charge is -2.34. The second-order valence-electron chi connectivity index (χ2n) is 11.3. The summed E-state index contributed by atoms with van der Waals surface area (Å²) in [5.74, 6) is -0.905. The van der Waals surface area contributed by atoms with E-state index in [1.165, 1.54) is 35.2 Å². The molecule has 4 aromatic carbocycles. The number of hydrogen-bond donors (Lipinski definition) is 1. The van der Waals surface area contributed by atoms with Crippen LogP contribution in [0.4, 0.5) is 5.69 Å². The molecule has 0 aliphatic heterocycles. The molecular weight excluding hydrogens is 665 g/mol. The summed E-state index contributed by atoms with van der Waals surface area (Å²) >= 11 is 19.2. The van der Waals surface area contributed by atoms with Crippen molar-refractivity contribution in [1.82, 2.24) is 10.2 Å². The smallest absolute Gasteiger partial charge is 0.264 e. The Labute approximate surface area is 285 Å². The van der Waals surface area contributed by atoms with Crippen LogP contribution >= 0.6 is 34.8 Å². The number of anilines is 1. The van der Waals surface area contributed by atoms with Crippen LogP contribution in [0.2, 0.25) is 15.1 Å². The normalized spacial score (nSPS) is 14.1. The summed E-state index contributed by atoms with van der Waals surface area (Å²) in [4.78, 5) is 30.1. The zero-order chi connectivity index (χ0) is 32.7. The Kier molecular flexibility index (Phi) is 11.3. The maximum absolute atomic E-state index is 14.6. The van der Waals surface area contributed by atoms with Crippen LogP contribution in [0, 0.1) is 0 Å². The van der Waals surface area contributed by atoms with Gasteiger partial charge in [0.25, 0.3) is 10.0 Å². The van der Waals surface area contributed by atoms with Gasteiger partial charge in [-0.2, -0.15) is 0 Å². The lowest BCUT2D eigenvalue weighted by molar-refractivity contribution is -0.140. The number of amides is 2. The summed E-state index contributed by atoms with van der Waals surface area (Å²) in [7, 11) is -4.28. The molecule has 0 unspecified atom stereocenters. The third-order valence-corrected chi connectivity index (χ3v) is 10.6. The fourth-order valence-electron chi connectivity index (χ4n) is 5.66. The zero-order valence-corrected chi connectivity index (χ0v) is 28.1. The third-order valence-electron chi connectivity index (χ3n) is 8.02. The number of nitrogens with zero attached hydrogens (tertiary/aromatic N) is 2. The molecule has 1 atom stereocenters. The van der Waals surface area contributed by atoms with Gasteiger partial charge in [0.2, 0.25) is 11.8 Å². The highest BCUT2D eigenvalue weighted by atomic mass is 35.5. The van der Waals surface area contributed by atoms with Crippen molar-refractivity contribution in [2.75, 3.05) is 10.8 Å². The van der Waals surface area contributed by atoms with E-state index < -0.39 is 28.5 Å². The van der Waals surface area contributed by atoms with Gasteiger partial charge in [0.1, 0.15) is 12.6 Å². The summed E-state index contributed by atoms with van der Waals surface area (Å²) in [6.45, 7) is -0.649. The van der Waals surface area contributed by atoms with Crippen LogP contribution < -0.4 is 9.62 Å². The van der Waals surface area contributed by atoms with Crippen molar-refractivity contribution >= 4 is 62.3 Å². The molecule has 1 aliphatic rings. The molecule has 0 spiro atoms. The first-order valence-electron chi connectivity index (χ1n) is 15.0. The molecule has 0 aromatic heterocycles. The lowest BCUT2D eigenvalue weighted by atomic mass is 10.0. The average molecular weight is 699 g/mol. The average Bonchev–Trinajstić information content (AvgIpc) is 3.55. The van der Waals surface area contributed by atoms with Crippen molar-refractivity contribution in [2.45, 2.75) is 55.6 Å². The summed E-state index contributed by atoms with van der Waals surface area (Å²) in [5.41, 5.74) is 1.58. The maximum atomic E-state index is 14.6. The predicted molar refractivity (Wildman–Crippen MR) is 184 cm³/mol. The SMILES string of the molecule is O=C(NC1CCCC1)[C@H](Cc1ccccc1)N(Cc1ccccc1Cl)C(=O)CN(c1cc(Cl)cc(Cl)c1)S(=O)(=O)c1ccccc1. The molecule has 2 amide bonds. The van der Waals surface area contributed by atoms with Crippen LogP contribution in [0.5, 0.6) is 0 Å². The molecular formula is C35H34Cl3N3O4S. The van der Waals surface area contributed by atoms with Crippen LogP contribution in [0.15, 0.2) is 108 Å².